The van der Waals surface area contributed by atoms with Gasteiger partial charge in [0.2, 0.25) is 0 Å². The largest absolute Gasteiger partial charge is 0.509 e. The molecular formula is C16H18O3. The Morgan fingerprint density at radius 1 is 1.16 bits per heavy atom. The summed E-state index contributed by atoms with van der Waals surface area (Å²) in [4.78, 5) is 11.4. The number of benzene rings is 1. The van der Waals surface area contributed by atoms with Gasteiger partial charge in [-0.3, -0.25) is 0 Å². The minimum Gasteiger partial charge on any atom is -0.438 e. The summed E-state index contributed by atoms with van der Waals surface area (Å²) in [6.07, 6.45) is 4.13. The van der Waals surface area contributed by atoms with E-state index in [2.05, 4.69) is 16.6 Å². The number of hydrogen-bond acceptors (Lipinski definition) is 3. The number of ether oxygens (including phenoxy) is 2. The van der Waals surface area contributed by atoms with E-state index < -0.39 is 11.8 Å². The summed E-state index contributed by atoms with van der Waals surface area (Å²) in [6, 6.07) is 9.73. The molecule has 0 aliphatic heterocycles. The van der Waals surface area contributed by atoms with Crippen molar-refractivity contribution in [1.82, 2.24) is 0 Å². The van der Waals surface area contributed by atoms with Crippen molar-refractivity contribution in [3.8, 4) is 11.8 Å². The molecule has 0 spiro atoms. The molecule has 0 atom stereocenters. The first-order valence-corrected chi connectivity index (χ1v) is 6.59. The number of methoxy groups -OCH3 is 1. The van der Waals surface area contributed by atoms with Gasteiger partial charge in [-0.25, -0.2) is 4.79 Å². The lowest BCUT2D eigenvalue weighted by Crippen LogP contribution is -2.35. The maximum Gasteiger partial charge on any atom is 0.509 e. The minimum atomic E-state index is -0.679. The fraction of sp³-hybridized carbons (Fsp3) is 0.438. The van der Waals surface area contributed by atoms with E-state index in [9.17, 15) is 4.79 Å². The van der Waals surface area contributed by atoms with Crippen LogP contribution in [0.3, 0.4) is 0 Å². The Morgan fingerprint density at radius 3 is 2.47 bits per heavy atom. The highest BCUT2D eigenvalue weighted by Crippen LogP contribution is 2.31. The van der Waals surface area contributed by atoms with Crippen LogP contribution in [0.25, 0.3) is 0 Å². The molecule has 1 saturated carbocycles. The van der Waals surface area contributed by atoms with E-state index in [4.69, 9.17) is 4.74 Å². The van der Waals surface area contributed by atoms with Crippen LogP contribution in [0.1, 0.15) is 37.7 Å². The van der Waals surface area contributed by atoms with Crippen molar-refractivity contribution in [3.05, 3.63) is 35.9 Å². The first-order valence-electron chi connectivity index (χ1n) is 6.59. The molecule has 0 saturated heterocycles. The van der Waals surface area contributed by atoms with Gasteiger partial charge in [-0.15, -0.1) is 0 Å². The molecular weight excluding hydrogens is 240 g/mol. The molecule has 1 aliphatic rings. The van der Waals surface area contributed by atoms with Crippen LogP contribution in [0.2, 0.25) is 0 Å². The molecule has 0 amide bonds. The molecule has 19 heavy (non-hydrogen) atoms. The molecule has 3 heteroatoms. The fourth-order valence-electron chi connectivity index (χ4n) is 2.28. The highest BCUT2D eigenvalue weighted by Gasteiger charge is 2.34. The van der Waals surface area contributed by atoms with Crippen molar-refractivity contribution >= 4 is 6.16 Å². The van der Waals surface area contributed by atoms with Gasteiger partial charge in [-0.05, 0) is 43.7 Å². The average molecular weight is 258 g/mol. The Balaban J connectivity index is 2.18. The first-order chi connectivity index (χ1) is 9.24. The third kappa shape index (κ3) is 3.75. The third-order valence-electron chi connectivity index (χ3n) is 3.32. The van der Waals surface area contributed by atoms with Crippen molar-refractivity contribution in [3.63, 3.8) is 0 Å². The van der Waals surface area contributed by atoms with Crippen LogP contribution >= 0.6 is 0 Å². The molecule has 1 fully saturated rings. The van der Waals surface area contributed by atoms with E-state index in [0.717, 1.165) is 31.2 Å². The van der Waals surface area contributed by atoms with Gasteiger partial charge in [-0.2, -0.15) is 0 Å². The molecule has 3 nitrogen and oxygen atoms in total. The molecule has 1 aromatic rings. The van der Waals surface area contributed by atoms with Crippen LogP contribution in [-0.2, 0) is 9.47 Å². The van der Waals surface area contributed by atoms with E-state index in [1.807, 2.05) is 30.3 Å². The Bertz CT molecular complexity index is 476. The zero-order chi connectivity index (χ0) is 13.6. The van der Waals surface area contributed by atoms with Crippen molar-refractivity contribution in [2.75, 3.05) is 7.11 Å². The lowest BCUT2D eigenvalue weighted by molar-refractivity contribution is -0.0135. The summed E-state index contributed by atoms with van der Waals surface area (Å²) in [6.45, 7) is 0. The Morgan fingerprint density at radius 2 is 1.84 bits per heavy atom. The molecule has 0 radical (unpaired) electrons. The Labute approximate surface area is 113 Å². The molecule has 0 N–H and O–H groups in total. The van der Waals surface area contributed by atoms with Gasteiger partial charge in [0.25, 0.3) is 0 Å². The normalized spacial score (nSPS) is 16.9. The Hall–Kier alpha value is -1.95. The third-order valence-corrected chi connectivity index (χ3v) is 3.32. The second kappa shape index (κ2) is 6.29. The van der Waals surface area contributed by atoms with Crippen LogP contribution in [-0.4, -0.2) is 18.9 Å². The van der Waals surface area contributed by atoms with Gasteiger partial charge in [0.1, 0.15) is 0 Å². The second-order valence-corrected chi connectivity index (χ2v) is 4.73. The number of hydrogen-bond donors (Lipinski definition) is 0. The molecule has 1 aliphatic carbocycles. The zero-order valence-electron chi connectivity index (χ0n) is 11.1. The zero-order valence-corrected chi connectivity index (χ0v) is 11.1. The van der Waals surface area contributed by atoms with Gasteiger partial charge in [0.05, 0.1) is 7.11 Å². The molecule has 100 valence electrons. The van der Waals surface area contributed by atoms with E-state index in [1.54, 1.807) is 0 Å². The van der Waals surface area contributed by atoms with E-state index in [1.165, 1.54) is 13.5 Å². The minimum absolute atomic E-state index is 0.649. The number of rotatable bonds is 1. The van der Waals surface area contributed by atoms with Gasteiger partial charge < -0.3 is 9.47 Å². The van der Waals surface area contributed by atoms with Crippen molar-refractivity contribution in [2.45, 2.75) is 37.7 Å². The van der Waals surface area contributed by atoms with Crippen LogP contribution < -0.4 is 0 Å². The quantitative estimate of drug-likeness (QED) is 0.571. The fourth-order valence-corrected chi connectivity index (χ4v) is 2.28. The van der Waals surface area contributed by atoms with Gasteiger partial charge >= 0.3 is 6.16 Å². The number of carbonyl (C=O) groups is 1. The summed E-state index contributed by atoms with van der Waals surface area (Å²) in [7, 11) is 1.32. The summed E-state index contributed by atoms with van der Waals surface area (Å²) >= 11 is 0. The molecule has 0 bridgehead atoms. The lowest BCUT2D eigenvalue weighted by Gasteiger charge is -2.31. The van der Waals surface area contributed by atoms with Gasteiger partial charge in [0, 0.05) is 5.56 Å². The van der Waals surface area contributed by atoms with Crippen LogP contribution in [0.15, 0.2) is 30.3 Å². The summed E-state index contributed by atoms with van der Waals surface area (Å²) in [5.74, 6) is 6.25. The maximum atomic E-state index is 11.4. The van der Waals surface area contributed by atoms with Crippen molar-refractivity contribution in [2.24, 2.45) is 0 Å². The summed E-state index contributed by atoms with van der Waals surface area (Å²) in [5, 5.41) is 0. The molecule has 0 unspecified atom stereocenters. The van der Waals surface area contributed by atoms with Crippen LogP contribution in [0.4, 0.5) is 4.79 Å². The van der Waals surface area contributed by atoms with Crippen molar-refractivity contribution < 1.29 is 14.3 Å². The average Bonchev–Trinajstić information content (AvgIpc) is 2.47. The topological polar surface area (TPSA) is 35.5 Å². The van der Waals surface area contributed by atoms with Crippen LogP contribution in [0, 0.1) is 11.8 Å². The smallest absolute Gasteiger partial charge is 0.438 e. The molecule has 1 aromatic carbocycles. The number of carbonyl (C=O) groups excluding carboxylic acids is 1. The van der Waals surface area contributed by atoms with E-state index in [0.29, 0.717) is 0 Å². The van der Waals surface area contributed by atoms with Gasteiger partial charge in [-0.1, -0.05) is 30.5 Å². The Kier molecular flexibility index (Phi) is 4.46. The summed E-state index contributed by atoms with van der Waals surface area (Å²) < 4.78 is 10.0. The van der Waals surface area contributed by atoms with E-state index >= 15 is 0 Å². The highest BCUT2D eigenvalue weighted by atomic mass is 16.7. The molecule has 2 rings (SSSR count). The first kappa shape index (κ1) is 13.5. The maximum absolute atomic E-state index is 11.4. The van der Waals surface area contributed by atoms with Gasteiger partial charge in [0.15, 0.2) is 5.60 Å². The van der Waals surface area contributed by atoms with E-state index in [-0.39, 0.29) is 0 Å². The predicted molar refractivity (Wildman–Crippen MR) is 72.6 cm³/mol. The monoisotopic (exact) mass is 258 g/mol. The van der Waals surface area contributed by atoms with Crippen LogP contribution in [0.5, 0.6) is 0 Å². The highest BCUT2D eigenvalue weighted by molar-refractivity contribution is 5.61. The standard InChI is InChI=1S/C16H18O3/c1-18-15(17)19-16(11-6-3-7-12-16)13-10-14-8-4-2-5-9-14/h2,4-5,8-9H,3,6-7,11-12H2,1H3. The molecule has 0 aromatic heterocycles. The van der Waals surface area contributed by atoms with Crippen molar-refractivity contribution in [1.29, 1.82) is 0 Å². The molecule has 0 heterocycles. The second-order valence-electron chi connectivity index (χ2n) is 4.73. The summed E-state index contributed by atoms with van der Waals surface area (Å²) in [5.41, 5.74) is 0.252. The predicted octanol–water partition coefficient (Wildman–Crippen LogP) is 3.52. The SMILES string of the molecule is COC(=O)OC1(C#Cc2ccccc2)CCCCC1. The lowest BCUT2D eigenvalue weighted by atomic mass is 9.85.